The zero-order valence-corrected chi connectivity index (χ0v) is 12.0. The molecule has 0 spiro atoms. The predicted octanol–water partition coefficient (Wildman–Crippen LogP) is 0.0116. The van der Waals surface area contributed by atoms with Gasteiger partial charge in [-0.1, -0.05) is 6.58 Å². The van der Waals surface area contributed by atoms with Gasteiger partial charge >= 0.3 is 0 Å². The van der Waals surface area contributed by atoms with E-state index in [9.17, 15) is 25.3 Å². The van der Waals surface area contributed by atoms with E-state index in [4.69, 9.17) is 14.8 Å². The normalized spacial score (nSPS) is 13.1. The van der Waals surface area contributed by atoms with Crippen LogP contribution in [0.5, 0.6) is 0 Å². The van der Waals surface area contributed by atoms with Crippen LogP contribution in [0.3, 0.4) is 0 Å². The van der Waals surface area contributed by atoms with Gasteiger partial charge in [0.05, 0.1) is 10.6 Å². The largest absolute Gasteiger partial charge is 0.299 e. The maximum Gasteiger partial charge on any atom is 0.296 e. The Kier molecular flexibility index (Phi) is 4.00. The van der Waals surface area contributed by atoms with Crippen molar-refractivity contribution in [3.8, 4) is 0 Å². The molecule has 0 fully saturated rings. The van der Waals surface area contributed by atoms with Gasteiger partial charge in [-0.2, -0.15) is 16.8 Å². The highest BCUT2D eigenvalue weighted by Gasteiger charge is 2.28. The number of rotatable bonds is 4. The van der Waals surface area contributed by atoms with Crippen LogP contribution in [-0.2, 0) is 30.1 Å². The molecule has 0 aliphatic carbocycles. The summed E-state index contributed by atoms with van der Waals surface area (Å²) in [5, 5.41) is 0.365. The van der Waals surface area contributed by atoms with E-state index in [1.54, 1.807) is 0 Å². The van der Waals surface area contributed by atoms with Crippen LogP contribution in [0.15, 0.2) is 38.8 Å². The quantitative estimate of drug-likeness (QED) is 0.721. The number of nitrogens with one attached hydrogen (secondary N) is 1. The lowest BCUT2D eigenvalue weighted by atomic mass is 10.3. The standard InChI is InChI=1S/C8H8NO8S3/c1-2-18(10,11)7-3-5(9)6(19(12,13)14)4-8(7)20(15,16)17/h2-4,9H,1H2,(H,12,13,14)(H,15,16,17). The molecule has 0 saturated carbocycles. The summed E-state index contributed by atoms with van der Waals surface area (Å²) in [6.07, 6.45) is 0. The second-order valence-electron chi connectivity index (χ2n) is 3.46. The van der Waals surface area contributed by atoms with Crippen molar-refractivity contribution < 1.29 is 34.4 Å². The SMILES string of the molecule is C=CS(=O)(=O)c1cc([NH])c(S(=O)(=O)O)cc1S(=O)(=O)O. The van der Waals surface area contributed by atoms with Crippen molar-refractivity contribution >= 4 is 35.8 Å². The summed E-state index contributed by atoms with van der Waals surface area (Å²) in [6.45, 7) is 2.94. The lowest BCUT2D eigenvalue weighted by Gasteiger charge is -2.09. The zero-order valence-electron chi connectivity index (χ0n) is 9.51. The smallest absolute Gasteiger partial charge is 0.296 e. The number of sulfone groups is 1. The van der Waals surface area contributed by atoms with Crippen LogP contribution in [0.25, 0.3) is 0 Å². The molecule has 0 atom stereocenters. The maximum atomic E-state index is 11.6. The first-order chi connectivity index (χ1) is 8.80. The Morgan fingerprint density at radius 3 is 1.70 bits per heavy atom. The fourth-order valence-corrected chi connectivity index (χ4v) is 3.99. The minimum Gasteiger partial charge on any atom is -0.299 e. The van der Waals surface area contributed by atoms with E-state index in [0.29, 0.717) is 11.5 Å². The van der Waals surface area contributed by atoms with Crippen molar-refractivity contribution in [3.63, 3.8) is 0 Å². The van der Waals surface area contributed by atoms with E-state index in [0.717, 1.165) is 0 Å². The van der Waals surface area contributed by atoms with Gasteiger partial charge in [0.1, 0.15) is 9.79 Å². The molecular weight excluding hydrogens is 334 g/mol. The average molecular weight is 342 g/mol. The monoisotopic (exact) mass is 342 g/mol. The van der Waals surface area contributed by atoms with Crippen molar-refractivity contribution in [2.45, 2.75) is 14.7 Å². The third-order valence-electron chi connectivity index (χ3n) is 2.13. The summed E-state index contributed by atoms with van der Waals surface area (Å²) in [4.78, 5) is -3.46. The molecule has 0 unspecified atom stereocenters. The summed E-state index contributed by atoms with van der Waals surface area (Å²) in [7, 11) is -14.4. The highest BCUT2D eigenvalue weighted by atomic mass is 32.2. The van der Waals surface area contributed by atoms with Crippen LogP contribution in [0.4, 0.5) is 5.69 Å². The minimum atomic E-state index is -5.11. The first-order valence-corrected chi connectivity index (χ1v) is 8.95. The Bertz CT molecular complexity index is 880. The van der Waals surface area contributed by atoms with Gasteiger partial charge in [0, 0.05) is 5.41 Å². The lowest BCUT2D eigenvalue weighted by molar-refractivity contribution is 0.478. The molecule has 0 aliphatic rings. The van der Waals surface area contributed by atoms with Crippen LogP contribution >= 0.6 is 0 Å². The number of benzene rings is 1. The molecular formula is C8H8NO8S3. The molecule has 0 aromatic heterocycles. The molecule has 1 aromatic rings. The van der Waals surface area contributed by atoms with Gasteiger partial charge in [-0.25, -0.2) is 8.42 Å². The van der Waals surface area contributed by atoms with Gasteiger partial charge in [-0.05, 0) is 12.1 Å². The van der Waals surface area contributed by atoms with Crippen molar-refractivity contribution in [1.82, 2.24) is 5.73 Å². The molecule has 3 N–H and O–H groups in total. The molecule has 12 heteroatoms. The lowest BCUT2D eigenvalue weighted by Crippen LogP contribution is -2.10. The van der Waals surface area contributed by atoms with Gasteiger partial charge in [0.15, 0.2) is 0 Å². The highest BCUT2D eigenvalue weighted by Crippen LogP contribution is 2.31. The van der Waals surface area contributed by atoms with Gasteiger partial charge in [0.25, 0.3) is 20.2 Å². The fourth-order valence-electron chi connectivity index (χ4n) is 1.27. The van der Waals surface area contributed by atoms with Crippen LogP contribution in [-0.4, -0.2) is 34.4 Å². The van der Waals surface area contributed by atoms with Gasteiger partial charge in [-0.3, -0.25) is 14.8 Å². The number of hydrogen-bond acceptors (Lipinski definition) is 6. The summed E-state index contributed by atoms with van der Waals surface area (Å²) in [5.74, 6) is 0. The van der Waals surface area contributed by atoms with Crippen molar-refractivity contribution in [2.75, 3.05) is 0 Å². The van der Waals surface area contributed by atoms with Crippen molar-refractivity contribution in [2.24, 2.45) is 0 Å². The Hall–Kier alpha value is -1.47. The zero-order chi connectivity index (χ0) is 15.9. The molecule has 0 heterocycles. The summed E-state index contributed by atoms with van der Waals surface area (Å²) in [6, 6.07) is 0.562. The van der Waals surface area contributed by atoms with E-state index >= 15 is 0 Å². The number of hydrogen-bond donors (Lipinski definition) is 2. The first kappa shape index (κ1) is 16.6. The minimum absolute atomic E-state index is 0.184. The van der Waals surface area contributed by atoms with E-state index in [1.807, 2.05) is 0 Å². The van der Waals surface area contributed by atoms with Crippen LogP contribution in [0.2, 0.25) is 0 Å². The van der Waals surface area contributed by atoms with Crippen LogP contribution in [0.1, 0.15) is 0 Å². The van der Waals surface area contributed by atoms with E-state index in [2.05, 4.69) is 6.58 Å². The summed E-state index contributed by atoms with van der Waals surface area (Å²) < 4.78 is 85.1. The summed E-state index contributed by atoms with van der Waals surface area (Å²) in [5.41, 5.74) is 6.35. The van der Waals surface area contributed by atoms with Gasteiger partial charge in [0.2, 0.25) is 9.84 Å². The second kappa shape index (κ2) is 4.82. The first-order valence-electron chi connectivity index (χ1n) is 4.53. The molecule has 1 aromatic carbocycles. The summed E-state index contributed by atoms with van der Waals surface area (Å²) >= 11 is 0. The third kappa shape index (κ3) is 3.16. The topological polar surface area (TPSA) is 167 Å². The van der Waals surface area contributed by atoms with Gasteiger partial charge in [-0.15, -0.1) is 0 Å². The van der Waals surface area contributed by atoms with Crippen molar-refractivity contribution in [1.29, 1.82) is 0 Å². The Labute approximate surface area is 115 Å². The molecule has 0 aliphatic heterocycles. The van der Waals surface area contributed by atoms with Crippen LogP contribution in [0, 0.1) is 0 Å². The van der Waals surface area contributed by atoms with Gasteiger partial charge < -0.3 is 0 Å². The molecule has 1 radical (unpaired) electrons. The molecule has 20 heavy (non-hydrogen) atoms. The molecule has 0 amide bonds. The van der Waals surface area contributed by atoms with E-state index in [-0.39, 0.29) is 6.07 Å². The molecule has 1 rings (SSSR count). The Morgan fingerprint density at radius 2 is 1.35 bits per heavy atom. The average Bonchev–Trinajstić information content (AvgIpc) is 2.25. The molecule has 9 nitrogen and oxygen atoms in total. The Morgan fingerprint density at radius 1 is 0.900 bits per heavy atom. The van der Waals surface area contributed by atoms with E-state index < -0.39 is 50.4 Å². The van der Waals surface area contributed by atoms with E-state index in [1.165, 1.54) is 0 Å². The highest BCUT2D eigenvalue weighted by molar-refractivity contribution is 7.95. The second-order valence-corrected chi connectivity index (χ2v) is 8.10. The molecule has 111 valence electrons. The van der Waals surface area contributed by atoms with Crippen molar-refractivity contribution in [3.05, 3.63) is 24.1 Å². The van der Waals surface area contributed by atoms with Crippen LogP contribution < -0.4 is 5.73 Å². The Balaban J connectivity index is 4.02. The molecule has 0 saturated heterocycles. The predicted molar refractivity (Wildman–Crippen MR) is 66.2 cm³/mol. The molecule has 0 bridgehead atoms. The third-order valence-corrected chi connectivity index (χ3v) is 5.43. The fraction of sp³-hybridized carbons (Fsp3) is 0. The maximum absolute atomic E-state index is 11.6.